The van der Waals surface area contributed by atoms with Gasteiger partial charge in [0.1, 0.15) is 0 Å². The van der Waals surface area contributed by atoms with Crippen LogP contribution in [0.3, 0.4) is 0 Å². The molecule has 4 atom stereocenters. The molecule has 10 nitrogen and oxygen atoms in total. The number of carbonyl (C=O) groups excluding carboxylic acids is 1. The van der Waals surface area contributed by atoms with Crippen molar-refractivity contribution in [3.8, 4) is 0 Å². The van der Waals surface area contributed by atoms with Crippen LogP contribution < -0.4 is 4.90 Å². The van der Waals surface area contributed by atoms with Gasteiger partial charge < -0.3 is 19.6 Å². The molecule has 0 saturated carbocycles. The van der Waals surface area contributed by atoms with Crippen molar-refractivity contribution in [1.82, 2.24) is 19.9 Å². The first-order valence-corrected chi connectivity index (χ1v) is 15.4. The minimum absolute atomic E-state index is 0.0805. The minimum Gasteiger partial charge on any atom is -0.481 e. The van der Waals surface area contributed by atoms with Crippen molar-refractivity contribution in [2.24, 2.45) is 5.10 Å². The van der Waals surface area contributed by atoms with Crippen LogP contribution in [0.5, 0.6) is 0 Å². The van der Waals surface area contributed by atoms with Gasteiger partial charge in [-0.3, -0.25) is 9.80 Å². The van der Waals surface area contributed by atoms with E-state index in [0.717, 1.165) is 5.56 Å². The van der Waals surface area contributed by atoms with Gasteiger partial charge in [-0.1, -0.05) is 13.8 Å². The van der Waals surface area contributed by atoms with E-state index in [4.69, 9.17) is 9.84 Å². The summed E-state index contributed by atoms with van der Waals surface area (Å²) < 4.78 is 87.8. The summed E-state index contributed by atoms with van der Waals surface area (Å²) in [5, 5.41) is 14.8. The maximum Gasteiger partial charge on any atom is 0.416 e. The highest BCUT2D eigenvalue weighted by Crippen LogP contribution is 2.38. The summed E-state index contributed by atoms with van der Waals surface area (Å²) in [4.78, 5) is 36.3. The van der Waals surface area contributed by atoms with Gasteiger partial charge in [0.05, 0.1) is 17.7 Å². The lowest BCUT2D eigenvalue weighted by Gasteiger charge is -2.47. The predicted octanol–water partition coefficient (Wildman–Crippen LogP) is 6.56. The van der Waals surface area contributed by atoms with Crippen molar-refractivity contribution in [1.29, 1.82) is 0 Å². The minimum atomic E-state index is -5.01. The highest BCUT2D eigenvalue weighted by Gasteiger charge is 2.41. The van der Waals surface area contributed by atoms with Crippen molar-refractivity contribution in [2.75, 3.05) is 25.1 Å². The number of likely N-dealkylation sites (N-methyl/N-ethyl adjacent to an activating group) is 1. The van der Waals surface area contributed by atoms with Gasteiger partial charge in [0, 0.05) is 69.2 Å². The van der Waals surface area contributed by atoms with Crippen LogP contribution in [0.25, 0.3) is 0 Å². The Kier molecular flexibility index (Phi) is 11.2. The third kappa shape index (κ3) is 9.04. The summed E-state index contributed by atoms with van der Waals surface area (Å²) in [6, 6.07) is 0.282. The lowest BCUT2D eigenvalue weighted by Crippen LogP contribution is -2.57. The molecule has 1 aromatic carbocycles. The van der Waals surface area contributed by atoms with E-state index in [9.17, 15) is 35.9 Å². The number of benzene rings is 1. The summed E-state index contributed by atoms with van der Waals surface area (Å²) in [5.41, 5.74) is -2.30. The number of likely N-dealkylation sites (tertiary alicyclic amines) is 1. The summed E-state index contributed by atoms with van der Waals surface area (Å²) in [6.07, 6.45) is -4.13. The van der Waals surface area contributed by atoms with Gasteiger partial charge in [-0.05, 0) is 61.4 Å². The largest absolute Gasteiger partial charge is 0.481 e. The zero-order valence-corrected chi connectivity index (χ0v) is 26.3. The van der Waals surface area contributed by atoms with E-state index in [-0.39, 0.29) is 61.6 Å². The zero-order chi connectivity index (χ0) is 34.5. The number of rotatable bonds is 11. The molecule has 0 radical (unpaired) electrons. The molecule has 1 fully saturated rings. The number of amides is 1. The quantitative estimate of drug-likeness (QED) is 0.211. The second-order valence-corrected chi connectivity index (χ2v) is 11.8. The molecule has 2 aliphatic heterocycles. The van der Waals surface area contributed by atoms with Crippen LogP contribution in [0.4, 0.5) is 37.1 Å². The van der Waals surface area contributed by atoms with E-state index in [1.165, 1.54) is 0 Å². The molecule has 2 aromatic rings. The fourth-order valence-corrected chi connectivity index (χ4v) is 6.09. The van der Waals surface area contributed by atoms with Gasteiger partial charge in [-0.15, -0.1) is 0 Å². The number of alkyl halides is 6. The Labute approximate surface area is 268 Å². The van der Waals surface area contributed by atoms with E-state index < -0.39 is 41.6 Å². The molecule has 0 aliphatic carbocycles. The number of nitrogens with zero attached hydrogens (tertiary/aromatic N) is 6. The molecule has 3 heterocycles. The molecular formula is C31H38F6N6O4. The van der Waals surface area contributed by atoms with E-state index in [0.29, 0.717) is 44.4 Å². The lowest BCUT2D eigenvalue weighted by molar-refractivity contribution is -0.143. The summed E-state index contributed by atoms with van der Waals surface area (Å²) >= 11 is 0. The first-order valence-electron chi connectivity index (χ1n) is 15.4. The number of ether oxygens (including phenoxy) is 1. The van der Waals surface area contributed by atoms with Gasteiger partial charge in [-0.2, -0.15) is 31.4 Å². The molecule has 1 saturated heterocycles. The number of carboxylic acids is 1. The number of halogens is 6. The zero-order valence-electron chi connectivity index (χ0n) is 26.3. The third-order valence-corrected chi connectivity index (χ3v) is 8.48. The molecule has 258 valence electrons. The molecule has 16 heteroatoms. The normalized spacial score (nSPS) is 21.6. The Morgan fingerprint density at radius 2 is 1.55 bits per heavy atom. The van der Waals surface area contributed by atoms with Gasteiger partial charge in [0.25, 0.3) is 0 Å². The lowest BCUT2D eigenvalue weighted by atomic mass is 9.87. The van der Waals surface area contributed by atoms with Crippen LogP contribution in [0.15, 0.2) is 35.7 Å². The Morgan fingerprint density at radius 1 is 0.979 bits per heavy atom. The number of piperidine rings is 1. The molecule has 0 spiro atoms. The molecular weight excluding hydrogens is 634 g/mol. The summed E-state index contributed by atoms with van der Waals surface area (Å²) in [5.74, 6) is -0.969. The second-order valence-electron chi connectivity index (χ2n) is 11.8. The van der Waals surface area contributed by atoms with E-state index >= 15 is 0 Å². The van der Waals surface area contributed by atoms with Gasteiger partial charge in [-0.25, -0.2) is 14.8 Å². The number of hydrogen-bond acceptors (Lipinski definition) is 8. The van der Waals surface area contributed by atoms with Crippen molar-refractivity contribution in [2.45, 2.75) is 95.3 Å². The molecule has 2 aliphatic rings. The topological polar surface area (TPSA) is 111 Å². The van der Waals surface area contributed by atoms with Gasteiger partial charge in [0.2, 0.25) is 5.95 Å². The van der Waals surface area contributed by atoms with Crippen LogP contribution in [0.2, 0.25) is 0 Å². The first-order chi connectivity index (χ1) is 22.1. The molecule has 0 bridgehead atoms. The van der Waals surface area contributed by atoms with Crippen LogP contribution in [0.1, 0.15) is 80.5 Å². The standard InChI is InChI=1S/C31H38F6N6O4/c1-4-24-12-26(13-25(5-2)43(24)29(46)47-8-6-7-27(44)45)42(28-38-14-20(15-39-28)21-16-40-41(3)18-21)17-19-9-22(30(32,33)34)11-23(10-19)31(35,36)37/h9-11,14-16,21,24-26H,4-8,12-13,17-18H2,1-3H3,(H,44,45)/t21?,24-,25+,26?. The maximum atomic E-state index is 13.7. The third-order valence-electron chi connectivity index (χ3n) is 8.48. The Morgan fingerprint density at radius 3 is 2.02 bits per heavy atom. The SMILES string of the molecule is CC[C@@H]1CC(N(Cc2cc(C(F)(F)F)cc(C(F)(F)F)c2)c2ncc(C3C=NN(C)C3)cn2)C[C@H](CC)N1C(=O)OCCCC(=O)O. The average molecular weight is 673 g/mol. The molecule has 2 unspecified atom stereocenters. The van der Waals surface area contributed by atoms with Crippen LogP contribution in [-0.4, -0.2) is 81.6 Å². The second kappa shape index (κ2) is 14.8. The first kappa shape index (κ1) is 35.7. The number of anilines is 1. The molecule has 1 aromatic heterocycles. The number of hydrazone groups is 1. The Balaban J connectivity index is 1.68. The smallest absolute Gasteiger partial charge is 0.416 e. The fraction of sp³-hybridized carbons (Fsp3) is 0.581. The number of carbonyl (C=O) groups is 2. The van der Waals surface area contributed by atoms with Crippen molar-refractivity contribution in [3.63, 3.8) is 0 Å². The Bertz CT molecular complexity index is 1370. The number of hydrogen-bond donors (Lipinski definition) is 1. The number of aliphatic carboxylic acids is 1. The highest BCUT2D eigenvalue weighted by molar-refractivity contribution is 5.70. The van der Waals surface area contributed by atoms with E-state index in [1.807, 2.05) is 20.9 Å². The van der Waals surface area contributed by atoms with Crippen LogP contribution in [0, 0.1) is 0 Å². The van der Waals surface area contributed by atoms with E-state index in [2.05, 4.69) is 15.1 Å². The number of aromatic nitrogens is 2. The van der Waals surface area contributed by atoms with Crippen molar-refractivity contribution in [3.05, 3.63) is 52.8 Å². The van der Waals surface area contributed by atoms with Crippen LogP contribution >= 0.6 is 0 Å². The molecule has 47 heavy (non-hydrogen) atoms. The number of carboxylic acid groups (broad SMARTS) is 1. The summed E-state index contributed by atoms with van der Waals surface area (Å²) in [7, 11) is 1.81. The van der Waals surface area contributed by atoms with Crippen LogP contribution in [-0.2, 0) is 28.4 Å². The van der Waals surface area contributed by atoms with Crippen molar-refractivity contribution < 1.29 is 45.8 Å². The predicted molar refractivity (Wildman–Crippen MR) is 160 cm³/mol. The average Bonchev–Trinajstić information content (AvgIpc) is 3.46. The summed E-state index contributed by atoms with van der Waals surface area (Å²) in [6.45, 7) is 3.89. The monoisotopic (exact) mass is 672 g/mol. The van der Waals surface area contributed by atoms with Gasteiger partial charge in [0.15, 0.2) is 0 Å². The molecule has 4 rings (SSSR count). The van der Waals surface area contributed by atoms with E-state index in [1.54, 1.807) is 33.4 Å². The molecule has 1 amide bonds. The molecule has 1 N–H and O–H groups in total. The van der Waals surface area contributed by atoms with Crippen molar-refractivity contribution >= 4 is 24.2 Å². The fourth-order valence-electron chi connectivity index (χ4n) is 6.09. The van der Waals surface area contributed by atoms with Gasteiger partial charge >= 0.3 is 24.4 Å². The Hall–Kier alpha value is -4.11. The highest BCUT2D eigenvalue weighted by atomic mass is 19.4. The maximum absolute atomic E-state index is 13.7.